The molecule has 0 spiro atoms. The Kier molecular flexibility index (Phi) is 12.0. The van der Waals surface area contributed by atoms with E-state index in [1.165, 1.54) is 19.2 Å². The molecule has 2 N–H and O–H groups in total. The first-order valence-electron chi connectivity index (χ1n) is 10.4. The van der Waals surface area contributed by atoms with E-state index in [2.05, 4.69) is 15.6 Å². The maximum atomic E-state index is 13.4. The molecule has 1 aromatic carbocycles. The van der Waals surface area contributed by atoms with E-state index in [-0.39, 0.29) is 47.7 Å². The van der Waals surface area contributed by atoms with Gasteiger partial charge in [0, 0.05) is 32.6 Å². The third-order valence-corrected chi connectivity index (χ3v) is 4.94. The van der Waals surface area contributed by atoms with E-state index in [1.807, 2.05) is 11.8 Å². The number of guanidine groups is 1. The Hall–Kier alpha value is -1.72. The van der Waals surface area contributed by atoms with Gasteiger partial charge >= 0.3 is 6.18 Å². The normalized spacial score (nSPS) is 15.2. The summed E-state index contributed by atoms with van der Waals surface area (Å²) >= 11 is 0. The van der Waals surface area contributed by atoms with Crippen LogP contribution in [0.5, 0.6) is 5.75 Å². The van der Waals surface area contributed by atoms with Crippen LogP contribution in [0.1, 0.15) is 50.2 Å². The number of halogens is 4. The van der Waals surface area contributed by atoms with Crippen molar-refractivity contribution in [3.05, 3.63) is 29.3 Å². The van der Waals surface area contributed by atoms with Crippen molar-refractivity contribution in [2.75, 3.05) is 33.3 Å². The lowest BCUT2D eigenvalue weighted by Gasteiger charge is -2.21. The number of rotatable bonds is 8. The number of nitrogens with zero attached hydrogens (tertiary/aromatic N) is 2. The van der Waals surface area contributed by atoms with E-state index in [9.17, 15) is 18.0 Å². The van der Waals surface area contributed by atoms with Gasteiger partial charge in [-0.3, -0.25) is 4.79 Å². The number of ether oxygens (including phenoxy) is 1. The maximum Gasteiger partial charge on any atom is 0.416 e. The van der Waals surface area contributed by atoms with E-state index in [0.717, 1.165) is 38.3 Å². The zero-order valence-corrected chi connectivity index (χ0v) is 20.4. The van der Waals surface area contributed by atoms with Crippen molar-refractivity contribution in [1.29, 1.82) is 0 Å². The number of carbonyl (C=O) groups is 1. The molecule has 0 unspecified atom stereocenters. The second-order valence-electron chi connectivity index (χ2n) is 7.19. The first kappa shape index (κ1) is 27.3. The Morgan fingerprint density at radius 3 is 2.68 bits per heavy atom. The van der Waals surface area contributed by atoms with Crippen LogP contribution in [0.15, 0.2) is 23.2 Å². The minimum Gasteiger partial charge on any atom is -0.497 e. The largest absolute Gasteiger partial charge is 0.497 e. The first-order valence-corrected chi connectivity index (χ1v) is 10.4. The number of aliphatic imine (C=N–C) groups is 1. The molecule has 6 nitrogen and oxygen atoms in total. The number of likely N-dealkylation sites (tertiary alicyclic amines) is 1. The van der Waals surface area contributed by atoms with Gasteiger partial charge < -0.3 is 20.3 Å². The van der Waals surface area contributed by atoms with Gasteiger partial charge in [-0.1, -0.05) is 12.5 Å². The molecule has 1 fully saturated rings. The third kappa shape index (κ3) is 9.12. The van der Waals surface area contributed by atoms with E-state index >= 15 is 0 Å². The second-order valence-corrected chi connectivity index (χ2v) is 7.19. The molecule has 0 radical (unpaired) electrons. The number of methoxy groups -OCH3 is 1. The molecular weight excluding hydrogens is 524 g/mol. The molecule has 1 saturated heterocycles. The average Bonchev–Trinajstić information content (AvgIpc) is 2.92. The molecule has 0 aliphatic carbocycles. The SMILES string of the molecule is CCNC(=NCc1ccc(OC)cc1C(F)(F)F)NCCCN1CCCCCC1=O.I. The molecule has 0 bridgehead atoms. The van der Waals surface area contributed by atoms with Crippen molar-refractivity contribution >= 4 is 35.8 Å². The Morgan fingerprint density at radius 2 is 2.00 bits per heavy atom. The molecule has 0 aromatic heterocycles. The van der Waals surface area contributed by atoms with Crippen LogP contribution in [0.25, 0.3) is 0 Å². The van der Waals surface area contributed by atoms with E-state index < -0.39 is 11.7 Å². The van der Waals surface area contributed by atoms with Gasteiger partial charge in [-0.2, -0.15) is 13.2 Å². The van der Waals surface area contributed by atoms with Gasteiger partial charge in [-0.05, 0) is 43.9 Å². The van der Waals surface area contributed by atoms with Gasteiger partial charge in [0.25, 0.3) is 0 Å². The fraction of sp³-hybridized carbons (Fsp3) is 0.619. The topological polar surface area (TPSA) is 66.0 Å². The van der Waals surface area contributed by atoms with Crippen LogP contribution in [0, 0.1) is 0 Å². The molecule has 2 rings (SSSR count). The zero-order chi connectivity index (χ0) is 22.0. The summed E-state index contributed by atoms with van der Waals surface area (Å²) in [7, 11) is 1.33. The monoisotopic (exact) mass is 556 g/mol. The van der Waals surface area contributed by atoms with Crippen LogP contribution in [0.3, 0.4) is 0 Å². The molecule has 0 atom stereocenters. The highest BCUT2D eigenvalue weighted by atomic mass is 127. The Balaban J connectivity index is 0.00000480. The minimum atomic E-state index is -4.48. The van der Waals surface area contributed by atoms with E-state index in [0.29, 0.717) is 32.0 Å². The van der Waals surface area contributed by atoms with Crippen LogP contribution in [0.4, 0.5) is 13.2 Å². The lowest BCUT2D eigenvalue weighted by Crippen LogP contribution is -2.39. The van der Waals surface area contributed by atoms with Crippen LogP contribution in [-0.4, -0.2) is 50.1 Å². The molecule has 176 valence electrons. The Labute approximate surface area is 199 Å². The molecule has 10 heteroatoms. The van der Waals surface area contributed by atoms with Crippen molar-refractivity contribution in [3.63, 3.8) is 0 Å². The summed E-state index contributed by atoms with van der Waals surface area (Å²) in [6.07, 6.45) is -0.0516. The summed E-state index contributed by atoms with van der Waals surface area (Å²) in [5.41, 5.74) is -0.670. The molecular formula is C21H32F3IN4O2. The molecule has 1 amide bonds. The summed E-state index contributed by atoms with van der Waals surface area (Å²) in [5, 5.41) is 6.18. The van der Waals surface area contributed by atoms with Gasteiger partial charge in [0.2, 0.25) is 5.91 Å². The van der Waals surface area contributed by atoms with E-state index in [4.69, 9.17) is 4.74 Å². The predicted molar refractivity (Wildman–Crippen MR) is 126 cm³/mol. The number of nitrogens with one attached hydrogen (secondary N) is 2. The number of carbonyl (C=O) groups excluding carboxylic acids is 1. The third-order valence-electron chi connectivity index (χ3n) is 4.94. The fourth-order valence-corrected chi connectivity index (χ4v) is 3.34. The summed E-state index contributed by atoms with van der Waals surface area (Å²) in [5.74, 6) is 0.805. The number of hydrogen-bond acceptors (Lipinski definition) is 3. The number of hydrogen-bond donors (Lipinski definition) is 2. The molecule has 0 saturated carbocycles. The Morgan fingerprint density at radius 1 is 1.23 bits per heavy atom. The standard InChI is InChI=1S/C21H31F3N4O2.HI/c1-3-25-20(26-11-7-13-28-12-6-4-5-8-19(28)29)27-15-16-9-10-17(30-2)14-18(16)21(22,23)24;/h9-10,14H,3-8,11-13,15H2,1-2H3,(H2,25,26,27);1H. The lowest BCUT2D eigenvalue weighted by atomic mass is 10.1. The molecule has 31 heavy (non-hydrogen) atoms. The van der Waals surface area contributed by atoms with Crippen LogP contribution in [-0.2, 0) is 17.5 Å². The molecule has 1 aliphatic rings. The highest BCUT2D eigenvalue weighted by molar-refractivity contribution is 14.0. The summed E-state index contributed by atoms with van der Waals surface area (Å²) in [4.78, 5) is 18.2. The summed E-state index contributed by atoms with van der Waals surface area (Å²) < 4.78 is 45.0. The van der Waals surface area contributed by atoms with Gasteiger partial charge in [-0.15, -0.1) is 24.0 Å². The number of benzene rings is 1. The lowest BCUT2D eigenvalue weighted by molar-refractivity contribution is -0.138. The number of amides is 1. The highest BCUT2D eigenvalue weighted by Crippen LogP contribution is 2.34. The quantitative estimate of drug-likeness (QED) is 0.218. The van der Waals surface area contributed by atoms with Crippen LogP contribution in [0.2, 0.25) is 0 Å². The van der Waals surface area contributed by atoms with Crippen LogP contribution >= 0.6 is 24.0 Å². The van der Waals surface area contributed by atoms with E-state index in [1.54, 1.807) is 0 Å². The van der Waals surface area contributed by atoms with Crippen LogP contribution < -0.4 is 15.4 Å². The Bertz CT molecular complexity index is 729. The number of alkyl halides is 3. The fourth-order valence-electron chi connectivity index (χ4n) is 3.34. The van der Waals surface area contributed by atoms with Gasteiger partial charge in [0.05, 0.1) is 19.2 Å². The van der Waals surface area contributed by atoms with Crippen molar-refractivity contribution < 1.29 is 22.7 Å². The van der Waals surface area contributed by atoms with Crippen molar-refractivity contribution in [3.8, 4) is 5.75 Å². The van der Waals surface area contributed by atoms with Crippen molar-refractivity contribution in [2.45, 2.75) is 51.7 Å². The summed E-state index contributed by atoms with van der Waals surface area (Å²) in [6, 6.07) is 3.88. The molecule has 1 heterocycles. The average molecular weight is 556 g/mol. The maximum absolute atomic E-state index is 13.4. The van der Waals surface area contributed by atoms with Crippen molar-refractivity contribution in [1.82, 2.24) is 15.5 Å². The van der Waals surface area contributed by atoms with Gasteiger partial charge in [-0.25, -0.2) is 4.99 Å². The minimum absolute atomic E-state index is 0. The highest BCUT2D eigenvalue weighted by Gasteiger charge is 2.33. The van der Waals surface area contributed by atoms with Crippen molar-refractivity contribution in [2.24, 2.45) is 4.99 Å². The predicted octanol–water partition coefficient (Wildman–Crippen LogP) is 4.18. The first-order chi connectivity index (χ1) is 14.3. The van der Waals surface area contributed by atoms with Gasteiger partial charge in [0.15, 0.2) is 5.96 Å². The van der Waals surface area contributed by atoms with Gasteiger partial charge in [0.1, 0.15) is 5.75 Å². The smallest absolute Gasteiger partial charge is 0.416 e. The molecule has 1 aromatic rings. The summed E-state index contributed by atoms with van der Waals surface area (Å²) in [6.45, 7) is 4.41. The molecule has 1 aliphatic heterocycles. The zero-order valence-electron chi connectivity index (χ0n) is 18.1. The second kappa shape index (κ2) is 13.6.